The Labute approximate surface area is 174 Å². The number of hydrogen-bond acceptors (Lipinski definition) is 4. The molecule has 2 rings (SSSR count). The maximum absolute atomic E-state index is 5.20. The Balaban J connectivity index is 1.55. The van der Waals surface area contributed by atoms with Gasteiger partial charge in [-0.3, -0.25) is 0 Å². The van der Waals surface area contributed by atoms with Gasteiger partial charge in [0, 0.05) is 11.6 Å². The zero-order chi connectivity index (χ0) is 20.2. The third-order valence-electron chi connectivity index (χ3n) is 4.75. The number of nitrogens with one attached hydrogen (secondary N) is 2. The van der Waals surface area contributed by atoms with Gasteiger partial charge in [0.15, 0.2) is 0 Å². The molecule has 0 saturated heterocycles. The van der Waals surface area contributed by atoms with Crippen molar-refractivity contribution in [2.45, 2.75) is 37.2 Å². The highest BCUT2D eigenvalue weighted by Crippen LogP contribution is 2.14. The van der Waals surface area contributed by atoms with Crippen LogP contribution in [0.2, 0.25) is 0 Å². The monoisotopic (exact) mass is 420 g/mol. The maximum Gasteiger partial charge on any atom is 0.118 e. The van der Waals surface area contributed by atoms with Crippen LogP contribution in [0.1, 0.15) is 24.0 Å². The highest BCUT2D eigenvalue weighted by molar-refractivity contribution is 7.23. The number of benzene rings is 2. The Morgan fingerprint density at radius 3 is 1.36 bits per heavy atom. The Bertz CT molecular complexity index is 606. The molecule has 0 aromatic heterocycles. The minimum atomic E-state index is 0.335. The lowest BCUT2D eigenvalue weighted by Gasteiger charge is -2.22. The molecule has 2 aromatic carbocycles. The van der Waals surface area contributed by atoms with E-state index in [1.165, 1.54) is 11.1 Å². The predicted octanol–water partition coefficient (Wildman–Crippen LogP) is 3.85. The molecule has 0 aliphatic heterocycles. The number of rotatable bonds is 13. The first kappa shape index (κ1) is 23.1. The molecule has 0 spiro atoms. The lowest BCUT2D eigenvalue weighted by Crippen LogP contribution is -2.41. The van der Waals surface area contributed by atoms with Gasteiger partial charge < -0.3 is 20.1 Å². The van der Waals surface area contributed by atoms with E-state index in [0.29, 0.717) is 11.6 Å². The molecular formula is C22H34N2O2P2. The van der Waals surface area contributed by atoms with Gasteiger partial charge in [0.2, 0.25) is 0 Å². The molecular weight excluding hydrogens is 386 g/mol. The molecule has 0 saturated carbocycles. The highest BCUT2D eigenvalue weighted by atomic mass is 31.0. The minimum Gasteiger partial charge on any atom is -0.497 e. The van der Waals surface area contributed by atoms with Crippen LogP contribution in [0.25, 0.3) is 0 Å². The molecule has 2 N–H and O–H groups in total. The average molecular weight is 420 g/mol. The van der Waals surface area contributed by atoms with Crippen molar-refractivity contribution in [2.24, 2.45) is 0 Å². The molecule has 0 radical (unpaired) electrons. The smallest absolute Gasteiger partial charge is 0.118 e. The predicted molar refractivity (Wildman–Crippen MR) is 126 cm³/mol. The van der Waals surface area contributed by atoms with E-state index in [1.807, 2.05) is 24.3 Å². The quantitative estimate of drug-likeness (QED) is 0.382. The second kappa shape index (κ2) is 13.1. The Hall–Kier alpha value is -1.18. The van der Waals surface area contributed by atoms with Crippen LogP contribution in [0.4, 0.5) is 0 Å². The van der Waals surface area contributed by atoms with Gasteiger partial charge in [0.1, 0.15) is 11.5 Å². The van der Waals surface area contributed by atoms with Crippen molar-refractivity contribution in [3.8, 4) is 11.5 Å². The van der Waals surface area contributed by atoms with Crippen molar-refractivity contribution in [3.05, 3.63) is 59.7 Å². The summed E-state index contributed by atoms with van der Waals surface area (Å²) in [5, 5.41) is 7.17. The van der Waals surface area contributed by atoms with E-state index in [-0.39, 0.29) is 0 Å². The molecule has 2 unspecified atom stereocenters. The minimum absolute atomic E-state index is 0.335. The fourth-order valence-corrected chi connectivity index (χ4v) is 3.57. The summed E-state index contributed by atoms with van der Waals surface area (Å²) in [6, 6.07) is 16.6. The first-order valence-corrected chi connectivity index (χ1v) is 11.2. The molecule has 154 valence electrons. The number of aryl methyl sites for hydroxylation is 2. The molecule has 0 amide bonds. The van der Waals surface area contributed by atoms with Crippen molar-refractivity contribution in [2.75, 3.05) is 27.3 Å². The van der Waals surface area contributed by atoms with Crippen LogP contribution in [0.5, 0.6) is 11.5 Å². The van der Waals surface area contributed by atoms with Crippen molar-refractivity contribution < 1.29 is 9.47 Å². The van der Waals surface area contributed by atoms with Gasteiger partial charge in [-0.2, -0.15) is 0 Å². The van der Waals surface area contributed by atoms with Crippen molar-refractivity contribution in [3.63, 3.8) is 0 Å². The van der Waals surface area contributed by atoms with Crippen LogP contribution < -0.4 is 20.1 Å². The number of ether oxygens (including phenoxy) is 2. The summed E-state index contributed by atoms with van der Waals surface area (Å²) in [5.74, 6) is 2.50. The van der Waals surface area contributed by atoms with Crippen LogP contribution >= 0.6 is 18.5 Å². The molecule has 0 bridgehead atoms. The lowest BCUT2D eigenvalue weighted by atomic mass is 10.1. The summed E-state index contributed by atoms with van der Waals surface area (Å²) in [7, 11) is 9.21. The third-order valence-corrected chi connectivity index (χ3v) is 6.49. The van der Waals surface area contributed by atoms with E-state index in [4.69, 9.17) is 9.47 Å². The standard InChI is InChI=1S/C22H34N2O2P2/c1-25-19-11-7-17(8-12-19)5-3-15-23-21(27)22(28)24-16-4-6-18-9-13-20(26-2)14-10-18/h7-14,21-24H,3-6,15-16,27-28H2,1-2H3/t21-,22-/m1/s1. The Morgan fingerprint density at radius 2 is 1.04 bits per heavy atom. The summed E-state index contributed by atoms with van der Waals surface area (Å²) in [5.41, 5.74) is 2.70. The molecule has 2 aromatic rings. The largest absolute Gasteiger partial charge is 0.497 e. The zero-order valence-electron chi connectivity index (χ0n) is 17.0. The SMILES string of the molecule is COc1ccc(CCCN[C@H](P)[C@@H](P)NCCCc2ccc(OC)cc2)cc1. The normalized spacial score (nSPS) is 13.1. The van der Waals surface area contributed by atoms with E-state index < -0.39 is 0 Å². The van der Waals surface area contributed by atoms with Gasteiger partial charge in [-0.05, 0) is 74.2 Å². The van der Waals surface area contributed by atoms with Crippen LogP contribution in [0.15, 0.2) is 48.5 Å². The van der Waals surface area contributed by atoms with E-state index in [1.54, 1.807) is 14.2 Å². The van der Waals surface area contributed by atoms with Crippen LogP contribution in [0.3, 0.4) is 0 Å². The molecule has 4 atom stereocenters. The topological polar surface area (TPSA) is 42.5 Å². The number of hydrogen-bond donors (Lipinski definition) is 2. The molecule has 6 heteroatoms. The molecule has 28 heavy (non-hydrogen) atoms. The van der Waals surface area contributed by atoms with Crippen LogP contribution in [-0.2, 0) is 12.8 Å². The van der Waals surface area contributed by atoms with Crippen molar-refractivity contribution in [1.82, 2.24) is 10.6 Å². The van der Waals surface area contributed by atoms with E-state index in [9.17, 15) is 0 Å². The van der Waals surface area contributed by atoms with Gasteiger partial charge in [-0.1, -0.05) is 24.3 Å². The van der Waals surface area contributed by atoms with Gasteiger partial charge in [-0.15, -0.1) is 18.5 Å². The summed E-state index contributed by atoms with van der Waals surface area (Å²) < 4.78 is 10.4. The molecule has 0 aliphatic rings. The first-order valence-electron chi connectivity index (χ1n) is 9.86. The van der Waals surface area contributed by atoms with Gasteiger partial charge in [-0.25, -0.2) is 0 Å². The summed E-state index contributed by atoms with van der Waals surface area (Å²) in [6.45, 7) is 2.00. The number of methoxy groups -OCH3 is 2. The average Bonchev–Trinajstić information content (AvgIpc) is 2.74. The summed E-state index contributed by atoms with van der Waals surface area (Å²) in [4.78, 5) is 0. The van der Waals surface area contributed by atoms with E-state index in [2.05, 4.69) is 53.4 Å². The van der Waals surface area contributed by atoms with Crippen LogP contribution in [0, 0.1) is 0 Å². The molecule has 0 aliphatic carbocycles. The van der Waals surface area contributed by atoms with Crippen molar-refractivity contribution >= 4 is 18.5 Å². The van der Waals surface area contributed by atoms with Crippen LogP contribution in [-0.4, -0.2) is 38.9 Å². The summed E-state index contributed by atoms with van der Waals surface area (Å²) in [6.07, 6.45) is 4.38. The van der Waals surface area contributed by atoms with E-state index >= 15 is 0 Å². The first-order chi connectivity index (χ1) is 13.6. The van der Waals surface area contributed by atoms with Gasteiger partial charge in [0.05, 0.1) is 14.2 Å². The fourth-order valence-electron chi connectivity index (χ4n) is 2.96. The van der Waals surface area contributed by atoms with Gasteiger partial charge in [0.25, 0.3) is 0 Å². The maximum atomic E-state index is 5.20. The second-order valence-corrected chi connectivity index (χ2v) is 8.30. The van der Waals surface area contributed by atoms with Gasteiger partial charge >= 0.3 is 0 Å². The molecule has 0 heterocycles. The second-order valence-electron chi connectivity index (χ2n) is 6.86. The summed E-state index contributed by atoms with van der Waals surface area (Å²) >= 11 is 0. The fraction of sp³-hybridized carbons (Fsp3) is 0.455. The third kappa shape index (κ3) is 8.45. The Kier molecular flexibility index (Phi) is 10.8. The molecule has 4 nitrogen and oxygen atoms in total. The molecule has 0 fully saturated rings. The lowest BCUT2D eigenvalue weighted by molar-refractivity contribution is 0.414. The van der Waals surface area contributed by atoms with E-state index in [0.717, 1.165) is 50.3 Å². The Morgan fingerprint density at radius 1 is 0.679 bits per heavy atom. The highest BCUT2D eigenvalue weighted by Gasteiger charge is 2.10. The zero-order valence-corrected chi connectivity index (χ0v) is 19.3. The van der Waals surface area contributed by atoms with Crippen molar-refractivity contribution in [1.29, 1.82) is 0 Å².